The van der Waals surface area contributed by atoms with Crippen molar-refractivity contribution in [2.45, 2.75) is 30.2 Å². The quantitative estimate of drug-likeness (QED) is 0.443. The van der Waals surface area contributed by atoms with Crippen molar-refractivity contribution in [1.29, 1.82) is 0 Å². The van der Waals surface area contributed by atoms with Gasteiger partial charge in [0, 0.05) is 30.4 Å². The first-order chi connectivity index (χ1) is 15.9. The highest BCUT2D eigenvalue weighted by molar-refractivity contribution is 7.89. The molecule has 3 N–H and O–H groups in total. The molecule has 0 spiro atoms. The minimum atomic E-state index is -3.66. The molecule has 1 saturated heterocycles. The van der Waals surface area contributed by atoms with Crippen LogP contribution in [0.15, 0.2) is 65.1 Å². The van der Waals surface area contributed by atoms with Crippen LogP contribution in [0.5, 0.6) is 0 Å². The number of hydrogen-bond acceptors (Lipinski definition) is 6. The van der Waals surface area contributed by atoms with Crippen molar-refractivity contribution in [2.24, 2.45) is 0 Å². The molecule has 0 atom stereocenters. The molecule has 0 bridgehead atoms. The Balaban J connectivity index is 1.40. The van der Waals surface area contributed by atoms with Gasteiger partial charge in [0.2, 0.25) is 10.0 Å². The van der Waals surface area contributed by atoms with Crippen LogP contribution in [-0.4, -0.2) is 68.0 Å². The van der Waals surface area contributed by atoms with Crippen LogP contribution in [0.25, 0.3) is 11.1 Å². The Morgan fingerprint density at radius 1 is 0.970 bits per heavy atom. The summed E-state index contributed by atoms with van der Waals surface area (Å²) >= 11 is 0. The van der Waals surface area contributed by atoms with Gasteiger partial charge in [0.25, 0.3) is 5.91 Å². The molecular formula is C24H30N4O4S. The second kappa shape index (κ2) is 10.0. The van der Waals surface area contributed by atoms with E-state index in [1.165, 1.54) is 10.4 Å². The number of piperidine rings is 1. The standard InChI is InChI=1S/C24H30N4O4S/c1-27-14-12-22(13-15-27)25-21-6-2-18(3-7-21)19-4-8-23(9-5-19)33(31,32)28-16-10-20(11-17-28)24(29)26-30/h2-10,22,25,30H,11-17H2,1H3,(H,26,29). The van der Waals surface area contributed by atoms with Gasteiger partial charge in [0.1, 0.15) is 0 Å². The Labute approximate surface area is 194 Å². The number of hydrogen-bond donors (Lipinski definition) is 3. The van der Waals surface area contributed by atoms with Crippen LogP contribution >= 0.6 is 0 Å². The lowest BCUT2D eigenvalue weighted by molar-refractivity contribution is -0.125. The van der Waals surface area contributed by atoms with Gasteiger partial charge in [0.15, 0.2) is 0 Å². The molecule has 1 amide bonds. The Morgan fingerprint density at radius 2 is 1.58 bits per heavy atom. The number of hydroxylamine groups is 1. The average molecular weight is 471 g/mol. The number of benzene rings is 2. The summed E-state index contributed by atoms with van der Waals surface area (Å²) in [5.74, 6) is -0.594. The van der Waals surface area contributed by atoms with Gasteiger partial charge in [-0.1, -0.05) is 30.3 Å². The van der Waals surface area contributed by atoms with Crippen LogP contribution in [0.4, 0.5) is 5.69 Å². The van der Waals surface area contributed by atoms with Crippen molar-refractivity contribution in [3.63, 3.8) is 0 Å². The Morgan fingerprint density at radius 3 is 2.12 bits per heavy atom. The fraction of sp³-hybridized carbons (Fsp3) is 0.375. The van der Waals surface area contributed by atoms with E-state index in [4.69, 9.17) is 5.21 Å². The van der Waals surface area contributed by atoms with Gasteiger partial charge in [-0.3, -0.25) is 10.0 Å². The number of sulfonamides is 1. The smallest absolute Gasteiger partial charge is 0.270 e. The number of nitrogens with zero attached hydrogens (tertiary/aromatic N) is 2. The minimum absolute atomic E-state index is 0.0958. The Hall–Kier alpha value is -2.72. The molecule has 1 fully saturated rings. The van der Waals surface area contributed by atoms with Crippen LogP contribution in [0.2, 0.25) is 0 Å². The van der Waals surface area contributed by atoms with Gasteiger partial charge < -0.3 is 10.2 Å². The van der Waals surface area contributed by atoms with Crippen molar-refractivity contribution in [1.82, 2.24) is 14.7 Å². The number of carbonyl (C=O) groups is 1. The molecule has 0 radical (unpaired) electrons. The monoisotopic (exact) mass is 470 g/mol. The molecule has 9 heteroatoms. The largest absolute Gasteiger partial charge is 0.382 e. The Kier molecular flexibility index (Phi) is 7.14. The van der Waals surface area contributed by atoms with Gasteiger partial charge in [-0.2, -0.15) is 4.31 Å². The lowest BCUT2D eigenvalue weighted by Gasteiger charge is -2.30. The molecular weight excluding hydrogens is 440 g/mol. The van der Waals surface area contributed by atoms with E-state index in [-0.39, 0.29) is 24.4 Å². The highest BCUT2D eigenvalue weighted by atomic mass is 32.2. The third kappa shape index (κ3) is 5.44. The summed E-state index contributed by atoms with van der Waals surface area (Å²) in [6, 6.07) is 15.6. The van der Waals surface area contributed by atoms with E-state index in [0.717, 1.165) is 42.7 Å². The predicted octanol–water partition coefficient (Wildman–Crippen LogP) is 2.69. The molecule has 2 aliphatic heterocycles. The summed E-state index contributed by atoms with van der Waals surface area (Å²) in [4.78, 5) is 14.1. The van der Waals surface area contributed by atoms with Gasteiger partial charge in [-0.25, -0.2) is 13.9 Å². The van der Waals surface area contributed by atoms with E-state index in [0.29, 0.717) is 11.6 Å². The van der Waals surface area contributed by atoms with E-state index in [9.17, 15) is 13.2 Å². The lowest BCUT2D eigenvalue weighted by atomic mass is 10.0. The first-order valence-corrected chi connectivity index (χ1v) is 12.6. The third-order valence-electron chi connectivity index (χ3n) is 6.36. The molecule has 176 valence electrons. The zero-order valence-corrected chi connectivity index (χ0v) is 19.5. The first kappa shape index (κ1) is 23.4. The number of nitrogens with one attached hydrogen (secondary N) is 2. The van der Waals surface area contributed by atoms with Crippen molar-refractivity contribution >= 4 is 21.6 Å². The molecule has 2 aliphatic rings. The maximum atomic E-state index is 13.0. The normalized spacial score (nSPS) is 18.5. The number of amides is 1. The number of carbonyl (C=O) groups excluding carboxylic acids is 1. The number of likely N-dealkylation sites (tertiary alicyclic amines) is 1. The molecule has 4 rings (SSSR count). The molecule has 0 unspecified atom stereocenters. The second-order valence-corrected chi connectivity index (χ2v) is 10.5. The third-order valence-corrected chi connectivity index (χ3v) is 8.24. The summed E-state index contributed by atoms with van der Waals surface area (Å²) in [5, 5.41) is 12.3. The molecule has 2 aromatic carbocycles. The van der Waals surface area contributed by atoms with Crippen molar-refractivity contribution < 1.29 is 18.4 Å². The number of anilines is 1. The van der Waals surface area contributed by atoms with Crippen LogP contribution in [-0.2, 0) is 14.8 Å². The summed E-state index contributed by atoms with van der Waals surface area (Å²) in [5.41, 5.74) is 5.03. The average Bonchev–Trinajstić information content (AvgIpc) is 2.85. The Bertz CT molecular complexity index is 1110. The van der Waals surface area contributed by atoms with E-state index in [2.05, 4.69) is 29.4 Å². The summed E-state index contributed by atoms with van der Waals surface area (Å²) < 4.78 is 27.3. The topological polar surface area (TPSA) is 102 Å². The maximum Gasteiger partial charge on any atom is 0.270 e. The highest BCUT2D eigenvalue weighted by Crippen LogP contribution is 2.26. The molecule has 0 aliphatic carbocycles. The molecule has 0 saturated carbocycles. The van der Waals surface area contributed by atoms with Gasteiger partial charge >= 0.3 is 0 Å². The van der Waals surface area contributed by atoms with E-state index < -0.39 is 15.9 Å². The van der Waals surface area contributed by atoms with Gasteiger partial charge in [0.05, 0.1) is 4.90 Å². The lowest BCUT2D eigenvalue weighted by Crippen LogP contribution is -2.37. The number of rotatable bonds is 6. The highest BCUT2D eigenvalue weighted by Gasteiger charge is 2.27. The fourth-order valence-electron chi connectivity index (χ4n) is 4.26. The van der Waals surface area contributed by atoms with Crippen molar-refractivity contribution in [2.75, 3.05) is 38.5 Å². The van der Waals surface area contributed by atoms with Gasteiger partial charge in [-0.15, -0.1) is 0 Å². The van der Waals surface area contributed by atoms with Crippen molar-refractivity contribution in [3.8, 4) is 11.1 Å². The second-order valence-electron chi connectivity index (χ2n) is 8.61. The zero-order valence-electron chi connectivity index (χ0n) is 18.7. The van der Waals surface area contributed by atoms with E-state index in [1.807, 2.05) is 24.3 Å². The maximum absolute atomic E-state index is 13.0. The molecule has 2 aromatic rings. The summed E-state index contributed by atoms with van der Waals surface area (Å²) in [6.07, 6.45) is 4.05. The molecule has 33 heavy (non-hydrogen) atoms. The summed E-state index contributed by atoms with van der Waals surface area (Å²) in [6.45, 7) is 2.50. The fourth-order valence-corrected chi connectivity index (χ4v) is 5.64. The molecule has 8 nitrogen and oxygen atoms in total. The van der Waals surface area contributed by atoms with Crippen LogP contribution in [0.3, 0.4) is 0 Å². The minimum Gasteiger partial charge on any atom is -0.382 e. The zero-order chi connectivity index (χ0) is 23.4. The van der Waals surface area contributed by atoms with Crippen LogP contribution < -0.4 is 10.8 Å². The first-order valence-electron chi connectivity index (χ1n) is 11.2. The predicted molar refractivity (Wildman–Crippen MR) is 127 cm³/mol. The van der Waals surface area contributed by atoms with Crippen molar-refractivity contribution in [3.05, 3.63) is 60.2 Å². The van der Waals surface area contributed by atoms with Gasteiger partial charge in [-0.05, 0) is 74.8 Å². The van der Waals surface area contributed by atoms with E-state index in [1.54, 1.807) is 17.6 Å². The van der Waals surface area contributed by atoms with E-state index >= 15 is 0 Å². The van der Waals surface area contributed by atoms with Crippen LogP contribution in [0.1, 0.15) is 19.3 Å². The molecule has 0 aromatic heterocycles. The SMILES string of the molecule is CN1CCC(Nc2ccc(-c3ccc(S(=O)(=O)N4CC=C(C(=O)NO)CC4)cc3)cc2)CC1. The van der Waals surface area contributed by atoms with Crippen LogP contribution in [0, 0.1) is 0 Å². The summed E-state index contributed by atoms with van der Waals surface area (Å²) in [7, 11) is -1.51. The molecule has 2 heterocycles.